The molecule has 2 aromatic carbocycles. The molecule has 0 amide bonds. The molecule has 0 saturated heterocycles. The Bertz CT molecular complexity index is 1580. The predicted octanol–water partition coefficient (Wildman–Crippen LogP) is 4.24. The first-order valence-corrected chi connectivity index (χ1v) is 14.0. The van der Waals surface area contributed by atoms with E-state index in [2.05, 4.69) is 25.3 Å². The molecular formula is C22H22ClFN6O4S2. The van der Waals surface area contributed by atoms with Gasteiger partial charge in [0, 0.05) is 16.8 Å². The van der Waals surface area contributed by atoms with Crippen molar-refractivity contribution in [1.82, 2.24) is 19.9 Å². The molecule has 3 N–H and O–H groups in total. The predicted molar refractivity (Wildman–Crippen MR) is 138 cm³/mol. The van der Waals surface area contributed by atoms with Gasteiger partial charge in [-0.1, -0.05) is 23.7 Å². The van der Waals surface area contributed by atoms with Gasteiger partial charge in [0.2, 0.25) is 0 Å². The maximum absolute atomic E-state index is 14.3. The Labute approximate surface area is 214 Å². The standard InChI is InChI=1S/C22H22ClFN6O4S2/c1-12-17(23)8-16(13(2)29-22-19-21(26-9-25-19)27-10-28-22)18(14-5-4-6-15(24)7-14)20(12)30(35(31)32)11-36(3,33)34/h4-10,13H,11H2,1-3H3,(H,31,32)(H2,25,26,27,28,29). The van der Waals surface area contributed by atoms with E-state index in [0.29, 0.717) is 39.2 Å². The van der Waals surface area contributed by atoms with Crippen molar-refractivity contribution >= 4 is 55.4 Å². The maximum atomic E-state index is 14.3. The molecule has 2 aromatic heterocycles. The second-order valence-corrected chi connectivity index (χ2v) is 11.6. The zero-order valence-electron chi connectivity index (χ0n) is 19.4. The number of aromatic amines is 1. The maximum Gasteiger partial charge on any atom is 0.262 e. The summed E-state index contributed by atoms with van der Waals surface area (Å²) in [4.78, 5) is 15.4. The van der Waals surface area contributed by atoms with E-state index in [-0.39, 0.29) is 10.7 Å². The summed E-state index contributed by atoms with van der Waals surface area (Å²) in [6, 6.07) is 6.77. The minimum absolute atomic E-state index is 0.0948. The highest BCUT2D eigenvalue weighted by Crippen LogP contribution is 2.44. The van der Waals surface area contributed by atoms with Crippen molar-refractivity contribution in [1.29, 1.82) is 0 Å². The van der Waals surface area contributed by atoms with Gasteiger partial charge in [-0.2, -0.15) is 0 Å². The number of rotatable bonds is 8. The van der Waals surface area contributed by atoms with E-state index >= 15 is 0 Å². The molecule has 0 aliphatic rings. The van der Waals surface area contributed by atoms with Crippen molar-refractivity contribution in [3.05, 3.63) is 65.0 Å². The second-order valence-electron chi connectivity index (χ2n) is 8.16. The summed E-state index contributed by atoms with van der Waals surface area (Å²) in [6.07, 6.45) is 3.78. The molecule has 2 heterocycles. The van der Waals surface area contributed by atoms with Gasteiger partial charge in [0.15, 0.2) is 21.3 Å². The number of hydrogen-bond acceptors (Lipinski definition) is 7. The fourth-order valence-corrected chi connectivity index (χ4v) is 5.99. The van der Waals surface area contributed by atoms with Gasteiger partial charge < -0.3 is 10.3 Å². The Kier molecular flexibility index (Phi) is 7.27. The van der Waals surface area contributed by atoms with Crippen LogP contribution in [0.15, 0.2) is 43.0 Å². The molecule has 0 spiro atoms. The molecule has 4 aromatic rings. The topological polar surface area (TPSA) is 141 Å². The second kappa shape index (κ2) is 10.1. The zero-order valence-corrected chi connectivity index (χ0v) is 21.7. The van der Waals surface area contributed by atoms with Gasteiger partial charge in [-0.25, -0.2) is 32.0 Å². The molecule has 4 rings (SSSR count). The molecule has 0 fully saturated rings. The lowest BCUT2D eigenvalue weighted by Crippen LogP contribution is -2.32. The highest BCUT2D eigenvalue weighted by molar-refractivity contribution is 7.92. The minimum atomic E-state index is -3.74. The Balaban J connectivity index is 1.97. The minimum Gasteiger partial charge on any atom is -0.362 e. The van der Waals surface area contributed by atoms with Crippen molar-refractivity contribution in [2.75, 3.05) is 21.8 Å². The number of imidazole rings is 1. The highest BCUT2D eigenvalue weighted by Gasteiger charge is 2.29. The molecule has 36 heavy (non-hydrogen) atoms. The Morgan fingerprint density at radius 3 is 2.69 bits per heavy atom. The zero-order chi connectivity index (χ0) is 26.2. The molecule has 2 atom stereocenters. The van der Waals surface area contributed by atoms with Gasteiger partial charge in [0.25, 0.3) is 11.3 Å². The first kappa shape index (κ1) is 25.9. The number of hydrogen-bond donors (Lipinski definition) is 3. The Hall–Kier alpha value is -3.13. The molecule has 2 unspecified atom stereocenters. The molecule has 14 heteroatoms. The SMILES string of the molecule is Cc1c(Cl)cc(C(C)Nc2ncnc3nc[nH]c23)c(-c2cccc(F)c2)c1N(CS(C)(=O)=O)S(=O)O. The molecule has 0 aliphatic carbocycles. The molecule has 10 nitrogen and oxygen atoms in total. The number of H-pyrrole nitrogens is 1. The van der Waals surface area contributed by atoms with Crippen molar-refractivity contribution in [2.24, 2.45) is 0 Å². The lowest BCUT2D eigenvalue weighted by Gasteiger charge is -2.29. The van der Waals surface area contributed by atoms with Crippen LogP contribution in [0.4, 0.5) is 15.9 Å². The van der Waals surface area contributed by atoms with Crippen molar-refractivity contribution in [3.63, 3.8) is 0 Å². The number of sulfone groups is 1. The summed E-state index contributed by atoms with van der Waals surface area (Å²) >= 11 is 3.82. The van der Waals surface area contributed by atoms with Gasteiger partial charge in [0.1, 0.15) is 23.5 Å². The van der Waals surface area contributed by atoms with Crippen LogP contribution in [-0.4, -0.2) is 49.2 Å². The van der Waals surface area contributed by atoms with Crippen LogP contribution in [0.1, 0.15) is 24.1 Å². The quantitative estimate of drug-likeness (QED) is 0.276. The smallest absolute Gasteiger partial charge is 0.262 e. The van der Waals surface area contributed by atoms with E-state index in [4.69, 9.17) is 11.6 Å². The Morgan fingerprint density at radius 1 is 1.28 bits per heavy atom. The van der Waals surface area contributed by atoms with Gasteiger partial charge in [0.05, 0.1) is 18.1 Å². The van der Waals surface area contributed by atoms with Crippen molar-refractivity contribution in [2.45, 2.75) is 19.9 Å². The third-order valence-electron chi connectivity index (χ3n) is 5.47. The third-order valence-corrected chi connectivity index (χ3v) is 7.44. The largest absolute Gasteiger partial charge is 0.362 e. The number of benzene rings is 2. The summed E-state index contributed by atoms with van der Waals surface area (Å²) in [6.45, 7) is 3.40. The van der Waals surface area contributed by atoms with Crippen LogP contribution in [0, 0.1) is 12.7 Å². The first-order valence-electron chi connectivity index (χ1n) is 10.5. The number of aromatic nitrogens is 4. The van der Waals surface area contributed by atoms with Crippen LogP contribution in [0.25, 0.3) is 22.3 Å². The molecule has 0 radical (unpaired) electrons. The van der Waals surface area contributed by atoms with Crippen LogP contribution in [0.5, 0.6) is 0 Å². The fraction of sp³-hybridized carbons (Fsp3) is 0.227. The van der Waals surface area contributed by atoms with Crippen LogP contribution in [-0.2, 0) is 21.1 Å². The van der Waals surface area contributed by atoms with Gasteiger partial charge in [-0.3, -0.25) is 8.86 Å². The van der Waals surface area contributed by atoms with Crippen LogP contribution in [0.3, 0.4) is 0 Å². The molecule has 0 aliphatic heterocycles. The summed E-state index contributed by atoms with van der Waals surface area (Å²) < 4.78 is 62.0. The summed E-state index contributed by atoms with van der Waals surface area (Å²) in [7, 11) is -3.74. The van der Waals surface area contributed by atoms with E-state index in [9.17, 15) is 21.6 Å². The van der Waals surface area contributed by atoms with E-state index in [0.717, 1.165) is 10.6 Å². The number of anilines is 2. The molecule has 190 valence electrons. The van der Waals surface area contributed by atoms with Crippen molar-refractivity contribution < 1.29 is 21.6 Å². The summed E-state index contributed by atoms with van der Waals surface area (Å²) in [5.41, 5.74) is 2.69. The van der Waals surface area contributed by atoms with E-state index in [1.54, 1.807) is 26.0 Å². The van der Waals surface area contributed by atoms with Crippen LogP contribution < -0.4 is 9.62 Å². The fourth-order valence-electron chi connectivity index (χ4n) is 3.91. The highest BCUT2D eigenvalue weighted by atomic mass is 35.5. The normalized spacial score (nSPS) is 13.5. The van der Waals surface area contributed by atoms with Crippen LogP contribution >= 0.6 is 11.6 Å². The van der Waals surface area contributed by atoms with Gasteiger partial charge >= 0.3 is 0 Å². The average Bonchev–Trinajstić information content (AvgIpc) is 3.28. The lowest BCUT2D eigenvalue weighted by molar-refractivity contribution is 0.558. The third kappa shape index (κ3) is 5.33. The number of fused-ring (bicyclic) bond motifs is 1. The number of nitrogens with zero attached hydrogens (tertiary/aromatic N) is 4. The summed E-state index contributed by atoms with van der Waals surface area (Å²) in [5.74, 6) is -0.860. The van der Waals surface area contributed by atoms with E-state index in [1.165, 1.54) is 30.9 Å². The average molecular weight is 553 g/mol. The molecule has 0 saturated carbocycles. The Morgan fingerprint density at radius 2 is 2.03 bits per heavy atom. The van der Waals surface area contributed by atoms with E-state index in [1.807, 2.05) is 0 Å². The lowest BCUT2D eigenvalue weighted by atomic mass is 9.91. The molecular weight excluding hydrogens is 531 g/mol. The van der Waals surface area contributed by atoms with Gasteiger partial charge in [-0.15, -0.1) is 0 Å². The number of halogens is 2. The van der Waals surface area contributed by atoms with Crippen molar-refractivity contribution in [3.8, 4) is 11.1 Å². The van der Waals surface area contributed by atoms with Crippen LogP contribution in [0.2, 0.25) is 5.02 Å². The summed E-state index contributed by atoms with van der Waals surface area (Å²) in [5, 5.41) is 3.48. The number of nitrogens with one attached hydrogen (secondary N) is 2. The first-order chi connectivity index (χ1) is 17.0. The monoisotopic (exact) mass is 552 g/mol. The van der Waals surface area contributed by atoms with Gasteiger partial charge in [-0.05, 0) is 48.7 Å². The van der Waals surface area contributed by atoms with E-state index < -0.39 is 38.8 Å². The molecule has 0 bridgehead atoms.